The molecule has 2 aromatic heterocycles. The molecule has 0 saturated heterocycles. The number of rotatable bonds is 1. The predicted octanol–water partition coefficient (Wildman–Crippen LogP) is 2.43. The van der Waals surface area contributed by atoms with Crippen LogP contribution in [-0.4, -0.2) is 14.5 Å². The van der Waals surface area contributed by atoms with E-state index in [0.717, 1.165) is 28.1 Å². The van der Waals surface area contributed by atoms with Gasteiger partial charge in [-0.3, -0.25) is 0 Å². The highest BCUT2D eigenvalue weighted by molar-refractivity contribution is 5.80. The Bertz CT molecular complexity index is 739. The van der Waals surface area contributed by atoms with Crippen LogP contribution in [0.5, 0.6) is 0 Å². The molecule has 2 heterocycles. The van der Waals surface area contributed by atoms with Crippen LogP contribution in [0.25, 0.3) is 22.4 Å². The quantitative estimate of drug-likeness (QED) is 0.711. The minimum absolute atomic E-state index is 0.511. The van der Waals surface area contributed by atoms with Gasteiger partial charge < -0.3 is 14.7 Å². The average Bonchev–Trinajstić information content (AvgIpc) is 2.78. The van der Waals surface area contributed by atoms with Crippen LogP contribution < -0.4 is 5.73 Å². The Morgan fingerprint density at radius 3 is 2.67 bits per heavy atom. The van der Waals surface area contributed by atoms with Gasteiger partial charge in [-0.2, -0.15) is 0 Å². The predicted molar refractivity (Wildman–Crippen MR) is 70.1 cm³/mol. The summed E-state index contributed by atoms with van der Waals surface area (Å²) in [7, 11) is 1.90. The third-order valence-electron chi connectivity index (χ3n) is 3.07. The molecule has 0 spiro atoms. The minimum Gasteiger partial charge on any atom is -0.441 e. The third kappa shape index (κ3) is 1.48. The van der Waals surface area contributed by atoms with Gasteiger partial charge in [0.15, 0.2) is 11.5 Å². The first kappa shape index (κ1) is 10.8. The molecule has 1 aromatic carbocycles. The maximum atomic E-state index is 5.81. The van der Waals surface area contributed by atoms with Gasteiger partial charge in [-0.15, -0.1) is 0 Å². The van der Waals surface area contributed by atoms with Crippen molar-refractivity contribution in [3.63, 3.8) is 0 Å². The van der Waals surface area contributed by atoms with Crippen LogP contribution in [-0.2, 0) is 7.05 Å². The van der Waals surface area contributed by atoms with Gasteiger partial charge in [0, 0.05) is 19.5 Å². The van der Waals surface area contributed by atoms with E-state index < -0.39 is 0 Å². The molecule has 0 unspecified atom stereocenters. The molecule has 92 valence electrons. The highest BCUT2D eigenvalue weighted by Crippen LogP contribution is 2.28. The summed E-state index contributed by atoms with van der Waals surface area (Å²) in [6, 6.07) is 5.93. The molecule has 0 radical (unpaired) electrons. The van der Waals surface area contributed by atoms with Gasteiger partial charge in [0.25, 0.3) is 0 Å². The molecule has 0 saturated carbocycles. The van der Waals surface area contributed by atoms with Crippen LogP contribution in [0.15, 0.2) is 22.6 Å². The average molecular weight is 242 g/mol. The Morgan fingerprint density at radius 2 is 2.00 bits per heavy atom. The van der Waals surface area contributed by atoms with Crippen LogP contribution in [0.3, 0.4) is 0 Å². The van der Waals surface area contributed by atoms with Crippen molar-refractivity contribution >= 4 is 17.0 Å². The third-order valence-corrected chi connectivity index (χ3v) is 3.07. The van der Waals surface area contributed by atoms with Crippen molar-refractivity contribution in [3.8, 4) is 11.3 Å². The highest BCUT2D eigenvalue weighted by Gasteiger charge is 2.13. The molecular formula is C13H14N4O. The molecule has 0 fully saturated rings. The second-order valence-corrected chi connectivity index (χ2v) is 4.38. The van der Waals surface area contributed by atoms with Crippen molar-refractivity contribution in [2.24, 2.45) is 7.05 Å². The van der Waals surface area contributed by atoms with Gasteiger partial charge in [-0.1, -0.05) is 6.07 Å². The number of aryl methyl sites for hydroxylation is 2. The van der Waals surface area contributed by atoms with Crippen LogP contribution in [0, 0.1) is 13.8 Å². The number of hydrogen-bond donors (Lipinski definition) is 1. The van der Waals surface area contributed by atoms with E-state index >= 15 is 0 Å². The van der Waals surface area contributed by atoms with Crippen LogP contribution in [0.1, 0.15) is 11.6 Å². The Morgan fingerprint density at radius 1 is 1.22 bits per heavy atom. The van der Waals surface area contributed by atoms with E-state index in [-0.39, 0.29) is 0 Å². The second-order valence-electron chi connectivity index (χ2n) is 4.38. The normalized spacial score (nSPS) is 11.3. The van der Waals surface area contributed by atoms with Gasteiger partial charge in [0.1, 0.15) is 5.52 Å². The van der Waals surface area contributed by atoms with Crippen LogP contribution in [0.4, 0.5) is 5.95 Å². The summed E-state index contributed by atoms with van der Waals surface area (Å²) in [4.78, 5) is 8.55. The van der Waals surface area contributed by atoms with Crippen LogP contribution >= 0.6 is 0 Å². The number of anilines is 1. The lowest BCUT2D eigenvalue weighted by Crippen LogP contribution is -1.98. The largest absolute Gasteiger partial charge is 0.441 e. The van der Waals surface area contributed by atoms with E-state index in [0.29, 0.717) is 11.8 Å². The fraction of sp³-hybridized carbons (Fsp3) is 0.231. The number of imidazole rings is 1. The number of fused-ring (bicyclic) bond motifs is 1. The van der Waals surface area contributed by atoms with Crippen molar-refractivity contribution in [1.82, 2.24) is 14.5 Å². The number of nitrogens with zero attached hydrogens (tertiary/aromatic N) is 3. The monoisotopic (exact) mass is 242 g/mol. The van der Waals surface area contributed by atoms with Gasteiger partial charge in [0.05, 0.1) is 11.4 Å². The maximum absolute atomic E-state index is 5.81. The van der Waals surface area contributed by atoms with Crippen LogP contribution in [0.2, 0.25) is 0 Å². The number of aromatic nitrogens is 3. The molecule has 18 heavy (non-hydrogen) atoms. The molecule has 5 heteroatoms. The van der Waals surface area contributed by atoms with E-state index in [2.05, 4.69) is 9.97 Å². The van der Waals surface area contributed by atoms with Gasteiger partial charge in [0.2, 0.25) is 5.95 Å². The highest BCUT2D eigenvalue weighted by atomic mass is 16.3. The van der Waals surface area contributed by atoms with E-state index in [9.17, 15) is 0 Å². The summed E-state index contributed by atoms with van der Waals surface area (Å²) in [5.41, 5.74) is 10.4. The molecule has 0 atom stereocenters. The summed E-state index contributed by atoms with van der Waals surface area (Å²) in [5.74, 6) is 1.18. The molecule has 0 aliphatic carbocycles. The van der Waals surface area contributed by atoms with Crippen molar-refractivity contribution in [3.05, 3.63) is 29.8 Å². The summed E-state index contributed by atoms with van der Waals surface area (Å²) in [5, 5.41) is 0. The minimum atomic E-state index is 0.511. The molecule has 0 amide bonds. The Hall–Kier alpha value is -2.30. The number of hydrogen-bond acceptors (Lipinski definition) is 4. The molecule has 3 rings (SSSR count). The molecule has 0 aliphatic rings. The molecule has 0 aliphatic heterocycles. The van der Waals surface area contributed by atoms with E-state index in [1.165, 1.54) is 0 Å². The van der Waals surface area contributed by atoms with Gasteiger partial charge >= 0.3 is 0 Å². The zero-order valence-corrected chi connectivity index (χ0v) is 10.6. The van der Waals surface area contributed by atoms with Crippen molar-refractivity contribution < 1.29 is 4.42 Å². The number of benzene rings is 1. The van der Waals surface area contributed by atoms with E-state index in [1.54, 1.807) is 0 Å². The molecule has 3 aromatic rings. The lowest BCUT2D eigenvalue weighted by atomic mass is 10.1. The number of oxazole rings is 1. The Labute approximate surface area is 104 Å². The summed E-state index contributed by atoms with van der Waals surface area (Å²) < 4.78 is 7.42. The Kier molecular flexibility index (Phi) is 2.16. The smallest absolute Gasteiger partial charge is 0.200 e. The topological polar surface area (TPSA) is 69.9 Å². The lowest BCUT2D eigenvalue weighted by Gasteiger charge is -2.04. The van der Waals surface area contributed by atoms with Crippen molar-refractivity contribution in [2.75, 3.05) is 5.73 Å². The fourth-order valence-corrected chi connectivity index (χ4v) is 2.25. The van der Waals surface area contributed by atoms with E-state index in [1.807, 2.05) is 43.7 Å². The molecule has 0 bridgehead atoms. The molecule has 5 nitrogen and oxygen atoms in total. The zero-order valence-electron chi connectivity index (χ0n) is 10.6. The Balaban J connectivity index is 2.24. The van der Waals surface area contributed by atoms with Crippen molar-refractivity contribution in [2.45, 2.75) is 13.8 Å². The zero-order chi connectivity index (χ0) is 12.9. The second kappa shape index (κ2) is 3.60. The summed E-state index contributed by atoms with van der Waals surface area (Å²) in [6.45, 7) is 3.79. The van der Waals surface area contributed by atoms with Gasteiger partial charge in [-0.05, 0) is 19.1 Å². The maximum Gasteiger partial charge on any atom is 0.200 e. The summed E-state index contributed by atoms with van der Waals surface area (Å²) >= 11 is 0. The first-order chi connectivity index (χ1) is 8.56. The van der Waals surface area contributed by atoms with E-state index in [4.69, 9.17) is 10.2 Å². The SMILES string of the molecule is Cc1nc2ccc(-c3c(C)nc(N)n3C)cc2o1. The van der Waals surface area contributed by atoms with Gasteiger partial charge in [-0.25, -0.2) is 9.97 Å². The number of nitrogens with two attached hydrogens (primary N) is 1. The number of nitrogen functional groups attached to an aromatic ring is 1. The van der Waals surface area contributed by atoms with Crippen molar-refractivity contribution in [1.29, 1.82) is 0 Å². The first-order valence-corrected chi connectivity index (χ1v) is 5.72. The molecule has 2 N–H and O–H groups in total. The standard InChI is InChI=1S/C13H14N4O/c1-7-12(17(3)13(14)15-7)9-4-5-10-11(6-9)18-8(2)16-10/h4-6H,1-3H3,(H2,14,15). The fourth-order valence-electron chi connectivity index (χ4n) is 2.25. The lowest BCUT2D eigenvalue weighted by molar-refractivity contribution is 0.561. The first-order valence-electron chi connectivity index (χ1n) is 5.72. The molecular weight excluding hydrogens is 228 g/mol. The summed E-state index contributed by atoms with van der Waals surface area (Å²) in [6.07, 6.45) is 0.